The molecule has 0 aliphatic heterocycles. The number of hydrogen-bond donors (Lipinski definition) is 1. The Hall–Kier alpha value is -3.35. The molecule has 2 rings (SSSR count). The van der Waals surface area contributed by atoms with E-state index in [9.17, 15) is 19.1 Å². The van der Waals surface area contributed by atoms with Crippen LogP contribution in [0, 0.1) is 5.82 Å². The largest absolute Gasteiger partial charge is 0.504 e. The van der Waals surface area contributed by atoms with E-state index in [1.807, 2.05) is 6.92 Å². The molecule has 0 aromatic heterocycles. The number of unbranched alkanes of at least 4 members (excludes halogenated alkanes) is 1. The van der Waals surface area contributed by atoms with Crippen molar-refractivity contribution in [3.8, 4) is 23.0 Å². The molecule has 0 atom stereocenters. The highest BCUT2D eigenvalue weighted by Gasteiger charge is 2.22. The van der Waals surface area contributed by atoms with Gasteiger partial charge in [-0.2, -0.15) is 0 Å². The number of rotatable bonds is 8. The Morgan fingerprint density at radius 2 is 1.81 bits per heavy atom. The predicted molar refractivity (Wildman–Crippen MR) is 97.6 cm³/mol. The lowest BCUT2D eigenvalue weighted by molar-refractivity contribution is -0.130. The van der Waals surface area contributed by atoms with Crippen LogP contribution < -0.4 is 14.2 Å². The second-order valence-electron chi connectivity index (χ2n) is 5.47. The molecule has 0 saturated heterocycles. The minimum Gasteiger partial charge on any atom is -0.504 e. The molecular formula is C20H19FO6. The van der Waals surface area contributed by atoms with Crippen molar-refractivity contribution in [2.75, 3.05) is 6.61 Å². The smallest absolute Gasteiger partial charge is 0.335 e. The third-order valence-electron chi connectivity index (χ3n) is 3.61. The maximum Gasteiger partial charge on any atom is 0.335 e. The quantitative estimate of drug-likeness (QED) is 0.325. The molecule has 6 nitrogen and oxygen atoms in total. The fraction of sp³-hybridized carbons (Fsp3) is 0.200. The highest BCUT2D eigenvalue weighted by atomic mass is 19.1. The fourth-order valence-corrected chi connectivity index (χ4v) is 2.31. The number of carbonyl (C=O) groups excluding carboxylic acids is 2. The van der Waals surface area contributed by atoms with E-state index in [0.29, 0.717) is 6.61 Å². The van der Waals surface area contributed by atoms with Crippen molar-refractivity contribution >= 4 is 22.7 Å². The molecule has 0 unspecified atom stereocenters. The van der Waals surface area contributed by atoms with Crippen molar-refractivity contribution in [2.45, 2.75) is 19.8 Å². The average Bonchev–Trinajstić information content (AvgIpc) is 2.65. The molecule has 2 aromatic rings. The number of phenols is 1. The van der Waals surface area contributed by atoms with Crippen molar-refractivity contribution < 1.29 is 33.3 Å². The lowest BCUT2D eigenvalue weighted by Gasteiger charge is -2.15. The molecule has 0 aliphatic carbocycles. The summed E-state index contributed by atoms with van der Waals surface area (Å²) in [5.74, 6) is -3.61. The van der Waals surface area contributed by atoms with Crippen LogP contribution >= 0.6 is 0 Å². The number of aromatic hydroxyl groups is 1. The first-order valence-electron chi connectivity index (χ1n) is 8.22. The maximum absolute atomic E-state index is 14.5. The van der Waals surface area contributed by atoms with Gasteiger partial charge in [0.25, 0.3) is 0 Å². The Labute approximate surface area is 155 Å². The van der Waals surface area contributed by atoms with Gasteiger partial charge in [-0.3, -0.25) is 0 Å². The van der Waals surface area contributed by atoms with Gasteiger partial charge in [-0.15, -0.1) is 0 Å². The molecular weight excluding hydrogens is 355 g/mol. The third kappa shape index (κ3) is 4.44. The van der Waals surface area contributed by atoms with Crippen molar-refractivity contribution in [1.29, 1.82) is 0 Å². The van der Waals surface area contributed by atoms with Crippen LogP contribution in [0.3, 0.4) is 0 Å². The highest BCUT2D eigenvalue weighted by molar-refractivity contribution is 6.02. The molecule has 0 saturated carbocycles. The van der Waals surface area contributed by atoms with E-state index in [1.54, 1.807) is 0 Å². The Bertz CT molecular complexity index is 903. The first kappa shape index (κ1) is 20.0. The van der Waals surface area contributed by atoms with Gasteiger partial charge in [-0.25, -0.2) is 14.0 Å². The van der Waals surface area contributed by atoms with Crippen LogP contribution in [-0.2, 0) is 9.59 Å². The number of hydrogen-bond acceptors (Lipinski definition) is 6. The zero-order valence-electron chi connectivity index (χ0n) is 14.8. The predicted octanol–water partition coefficient (Wildman–Crippen LogP) is 4.05. The minimum absolute atomic E-state index is 0.0254. The summed E-state index contributed by atoms with van der Waals surface area (Å²) in [4.78, 5) is 23.1. The summed E-state index contributed by atoms with van der Waals surface area (Å²) in [7, 11) is 0. The van der Waals surface area contributed by atoms with Crippen molar-refractivity contribution in [2.24, 2.45) is 0 Å². The van der Waals surface area contributed by atoms with Crippen molar-refractivity contribution in [1.82, 2.24) is 0 Å². The van der Waals surface area contributed by atoms with Gasteiger partial charge in [-0.05, 0) is 18.6 Å². The maximum atomic E-state index is 14.5. The topological polar surface area (TPSA) is 82.1 Å². The van der Waals surface area contributed by atoms with E-state index in [2.05, 4.69) is 13.2 Å². The van der Waals surface area contributed by atoms with Crippen LogP contribution in [0.4, 0.5) is 4.39 Å². The molecule has 0 spiro atoms. The summed E-state index contributed by atoms with van der Waals surface area (Å²) in [6.45, 7) is 8.89. The van der Waals surface area contributed by atoms with E-state index in [0.717, 1.165) is 31.1 Å². The number of esters is 2. The summed E-state index contributed by atoms with van der Waals surface area (Å²) in [6.07, 6.45) is 3.43. The second-order valence-corrected chi connectivity index (χ2v) is 5.47. The number of ether oxygens (including phenoxy) is 3. The van der Waals surface area contributed by atoms with Gasteiger partial charge in [0.05, 0.1) is 12.0 Å². The van der Waals surface area contributed by atoms with Gasteiger partial charge in [-0.1, -0.05) is 26.5 Å². The molecule has 2 aromatic carbocycles. The number of carbonyl (C=O) groups is 2. The van der Waals surface area contributed by atoms with Crippen LogP contribution in [0.15, 0.2) is 43.5 Å². The zero-order valence-corrected chi connectivity index (χ0v) is 14.8. The first-order valence-corrected chi connectivity index (χ1v) is 8.22. The summed E-state index contributed by atoms with van der Waals surface area (Å²) in [6, 6.07) is 3.65. The Morgan fingerprint density at radius 3 is 2.44 bits per heavy atom. The molecule has 1 N–H and O–H groups in total. The van der Waals surface area contributed by atoms with Gasteiger partial charge in [0, 0.05) is 23.6 Å². The number of halogens is 1. The van der Waals surface area contributed by atoms with E-state index in [4.69, 9.17) is 14.2 Å². The molecule has 0 amide bonds. The molecule has 0 bridgehead atoms. The Balaban J connectivity index is 2.67. The van der Waals surface area contributed by atoms with Crippen LogP contribution in [0.2, 0.25) is 0 Å². The minimum atomic E-state index is -0.955. The van der Waals surface area contributed by atoms with Crippen LogP contribution in [0.1, 0.15) is 19.8 Å². The van der Waals surface area contributed by atoms with E-state index in [-0.39, 0.29) is 28.0 Å². The summed E-state index contributed by atoms with van der Waals surface area (Å²) >= 11 is 0. The highest BCUT2D eigenvalue weighted by Crippen LogP contribution is 2.45. The van der Waals surface area contributed by atoms with Gasteiger partial charge < -0.3 is 19.3 Å². The summed E-state index contributed by atoms with van der Waals surface area (Å²) < 4.78 is 30.0. The van der Waals surface area contributed by atoms with Gasteiger partial charge >= 0.3 is 11.9 Å². The van der Waals surface area contributed by atoms with Crippen LogP contribution in [0.25, 0.3) is 10.8 Å². The number of benzene rings is 2. The molecule has 0 heterocycles. The van der Waals surface area contributed by atoms with E-state index >= 15 is 0 Å². The summed E-state index contributed by atoms with van der Waals surface area (Å²) in [5.41, 5.74) is 0. The lowest BCUT2D eigenvalue weighted by Crippen LogP contribution is -2.08. The van der Waals surface area contributed by atoms with Gasteiger partial charge in [0.15, 0.2) is 23.1 Å². The number of phenolic OH excluding ortho intramolecular Hbond substituents is 1. The molecule has 0 aliphatic rings. The van der Waals surface area contributed by atoms with E-state index in [1.165, 1.54) is 12.1 Å². The molecule has 27 heavy (non-hydrogen) atoms. The molecule has 142 valence electrons. The first-order chi connectivity index (χ1) is 12.9. The zero-order chi connectivity index (χ0) is 20.0. The molecule has 0 fully saturated rings. The third-order valence-corrected chi connectivity index (χ3v) is 3.61. The normalized spacial score (nSPS) is 10.3. The van der Waals surface area contributed by atoms with Gasteiger partial charge in [0.1, 0.15) is 5.75 Å². The monoisotopic (exact) mass is 374 g/mol. The summed E-state index contributed by atoms with van der Waals surface area (Å²) in [5, 5.41) is 10.6. The molecule has 7 heteroatoms. The SMILES string of the molecule is C=CC(=O)Oc1c(F)cc(OC(=O)C=C)c2c(O)c(OCCCC)ccc12. The standard InChI is InChI=1S/C20H19FO6/c1-4-7-10-25-14-9-8-12-18(19(14)24)15(26-16(22)5-2)11-13(21)20(12)27-17(23)6-3/h5-6,8-9,11,24H,2-4,7,10H2,1H3. The van der Waals surface area contributed by atoms with Crippen molar-refractivity contribution in [3.05, 3.63) is 49.3 Å². The van der Waals surface area contributed by atoms with Crippen LogP contribution in [-0.4, -0.2) is 23.7 Å². The number of fused-ring (bicyclic) bond motifs is 1. The average molecular weight is 374 g/mol. The lowest BCUT2D eigenvalue weighted by atomic mass is 10.1. The van der Waals surface area contributed by atoms with E-state index < -0.39 is 23.5 Å². The molecule has 0 radical (unpaired) electrons. The Morgan fingerprint density at radius 1 is 1.15 bits per heavy atom. The fourth-order valence-electron chi connectivity index (χ4n) is 2.31. The Kier molecular flexibility index (Phi) is 6.54. The van der Waals surface area contributed by atoms with Crippen molar-refractivity contribution in [3.63, 3.8) is 0 Å². The van der Waals surface area contributed by atoms with Crippen LogP contribution in [0.5, 0.6) is 23.0 Å². The van der Waals surface area contributed by atoms with Gasteiger partial charge in [0.2, 0.25) is 0 Å². The second kappa shape index (κ2) is 8.84.